The predicted molar refractivity (Wildman–Crippen MR) is 114 cm³/mol. The van der Waals surface area contributed by atoms with E-state index in [4.69, 9.17) is 19.4 Å². The van der Waals surface area contributed by atoms with Gasteiger partial charge in [-0.25, -0.2) is 9.97 Å². The van der Waals surface area contributed by atoms with Crippen LogP contribution < -0.4 is 9.64 Å². The van der Waals surface area contributed by atoms with E-state index in [1.165, 1.54) is 19.3 Å². The van der Waals surface area contributed by atoms with Crippen molar-refractivity contribution in [2.75, 3.05) is 37.8 Å². The molecule has 0 saturated carbocycles. The fraction of sp³-hybridized carbons (Fsp3) is 0.429. The number of aromatic nitrogens is 2. The summed E-state index contributed by atoms with van der Waals surface area (Å²) in [6.07, 6.45) is 9.49. The highest BCUT2D eigenvalue weighted by Gasteiger charge is 2.14. The van der Waals surface area contributed by atoms with Crippen molar-refractivity contribution < 1.29 is 19.4 Å². The maximum Gasteiger partial charge on any atom is 0.220 e. The molecule has 0 bridgehead atoms. The van der Waals surface area contributed by atoms with Crippen molar-refractivity contribution in [3.05, 3.63) is 35.2 Å². The first kappa shape index (κ1) is 19.9. The van der Waals surface area contributed by atoms with Crippen molar-refractivity contribution in [2.24, 2.45) is 5.92 Å². The Bertz CT molecular complexity index is 958. The molecule has 1 aliphatic heterocycles. The zero-order chi connectivity index (χ0) is 20.1. The zero-order valence-electron chi connectivity index (χ0n) is 16.2. The van der Waals surface area contributed by atoms with Crippen LogP contribution in [0.4, 0.5) is 5.13 Å². The number of rotatable bonds is 8. The zero-order valence-corrected chi connectivity index (χ0v) is 17.0. The first-order valence-electron chi connectivity index (χ1n) is 9.89. The highest BCUT2D eigenvalue weighted by atomic mass is 32.1. The highest BCUT2D eigenvalue weighted by Crippen LogP contribution is 2.27. The molecule has 7 nitrogen and oxygen atoms in total. The van der Waals surface area contributed by atoms with Crippen molar-refractivity contribution >= 4 is 39.7 Å². The molecular formula is C21H25N3O4S. The van der Waals surface area contributed by atoms with Crippen LogP contribution in [0.3, 0.4) is 0 Å². The van der Waals surface area contributed by atoms with E-state index in [2.05, 4.69) is 14.9 Å². The van der Waals surface area contributed by atoms with Crippen molar-refractivity contribution in [2.45, 2.75) is 19.3 Å². The minimum Gasteiger partial charge on any atom is -0.493 e. The van der Waals surface area contributed by atoms with E-state index in [0.717, 1.165) is 28.6 Å². The number of aliphatic hydroxyl groups excluding tert-OH is 2. The molecule has 1 saturated heterocycles. The monoisotopic (exact) mass is 415 g/mol. The first-order chi connectivity index (χ1) is 14.2. The third kappa shape index (κ3) is 4.95. The maximum absolute atomic E-state index is 9.13. The van der Waals surface area contributed by atoms with Gasteiger partial charge in [-0.05, 0) is 37.5 Å². The number of oxazole rings is 1. The van der Waals surface area contributed by atoms with E-state index >= 15 is 0 Å². The standard InChI is InChI=1S/C21H25N3O4S/c25-12-15(13-26)14-27-16-4-6-18-19(10-16)28-20(23-18)7-5-17-11-22-21(29-17)24-8-2-1-3-9-24/h4-7,10-11,15,25-26H,1-3,8-9,12-14H2/b7-5+. The lowest BCUT2D eigenvalue weighted by molar-refractivity contribution is 0.106. The number of hydrogen-bond donors (Lipinski definition) is 2. The van der Waals surface area contributed by atoms with Gasteiger partial charge in [0.15, 0.2) is 10.7 Å². The maximum atomic E-state index is 9.13. The normalized spacial score (nSPS) is 15.1. The van der Waals surface area contributed by atoms with E-state index in [0.29, 0.717) is 17.2 Å². The number of hydrogen-bond acceptors (Lipinski definition) is 8. The van der Waals surface area contributed by atoms with Crippen LogP contribution in [-0.4, -0.2) is 53.1 Å². The smallest absolute Gasteiger partial charge is 0.220 e. The number of nitrogens with zero attached hydrogens (tertiary/aromatic N) is 3. The van der Waals surface area contributed by atoms with Gasteiger partial charge < -0.3 is 24.3 Å². The molecule has 154 valence electrons. The molecule has 3 aromatic rings. The van der Waals surface area contributed by atoms with Gasteiger partial charge in [0, 0.05) is 42.2 Å². The molecule has 0 spiro atoms. The Kier molecular flexibility index (Phi) is 6.43. The molecule has 0 atom stereocenters. The van der Waals surface area contributed by atoms with Gasteiger partial charge in [0.05, 0.1) is 19.8 Å². The number of ether oxygens (including phenoxy) is 1. The summed E-state index contributed by atoms with van der Waals surface area (Å²) in [7, 11) is 0. The number of benzene rings is 1. The van der Waals surface area contributed by atoms with Crippen molar-refractivity contribution in [1.82, 2.24) is 9.97 Å². The Balaban J connectivity index is 1.42. The fourth-order valence-electron chi connectivity index (χ4n) is 3.20. The van der Waals surface area contributed by atoms with Crippen LogP contribution in [0.2, 0.25) is 0 Å². The van der Waals surface area contributed by atoms with Crippen molar-refractivity contribution in [1.29, 1.82) is 0 Å². The fourth-order valence-corrected chi connectivity index (χ4v) is 4.07. The van der Waals surface area contributed by atoms with Crippen LogP contribution in [0.5, 0.6) is 5.75 Å². The second kappa shape index (κ2) is 9.39. The Hall–Kier alpha value is -2.42. The summed E-state index contributed by atoms with van der Waals surface area (Å²) >= 11 is 1.68. The second-order valence-corrected chi connectivity index (χ2v) is 8.19. The molecule has 4 rings (SSSR count). The number of thiazole rings is 1. The molecular weight excluding hydrogens is 390 g/mol. The molecule has 1 aromatic carbocycles. The minimum absolute atomic E-state index is 0.118. The highest BCUT2D eigenvalue weighted by molar-refractivity contribution is 7.16. The number of piperidine rings is 1. The quantitative estimate of drug-likeness (QED) is 0.582. The number of aliphatic hydroxyl groups is 2. The molecule has 3 heterocycles. The van der Waals surface area contributed by atoms with Gasteiger partial charge in [0.1, 0.15) is 11.3 Å². The van der Waals surface area contributed by atoms with Gasteiger partial charge in [-0.15, -0.1) is 0 Å². The summed E-state index contributed by atoms with van der Waals surface area (Å²) in [4.78, 5) is 12.4. The molecule has 0 aliphatic carbocycles. The summed E-state index contributed by atoms with van der Waals surface area (Å²) in [5, 5.41) is 19.3. The number of anilines is 1. The van der Waals surface area contributed by atoms with Crippen LogP contribution in [0.1, 0.15) is 30.0 Å². The van der Waals surface area contributed by atoms with Gasteiger partial charge in [-0.1, -0.05) is 11.3 Å². The molecule has 0 amide bonds. The van der Waals surface area contributed by atoms with Gasteiger partial charge in [0.2, 0.25) is 5.89 Å². The molecule has 1 fully saturated rings. The van der Waals surface area contributed by atoms with Crippen LogP contribution in [0, 0.1) is 5.92 Å². The summed E-state index contributed by atoms with van der Waals surface area (Å²) in [5.74, 6) is 0.839. The lowest BCUT2D eigenvalue weighted by Crippen LogP contribution is -2.29. The predicted octanol–water partition coefficient (Wildman–Crippen LogP) is 3.42. The topological polar surface area (TPSA) is 91.8 Å². The van der Waals surface area contributed by atoms with Crippen molar-refractivity contribution in [3.8, 4) is 5.75 Å². The van der Waals surface area contributed by atoms with Crippen molar-refractivity contribution in [3.63, 3.8) is 0 Å². The van der Waals surface area contributed by atoms with Crippen LogP contribution in [-0.2, 0) is 0 Å². The van der Waals surface area contributed by atoms with Gasteiger partial charge >= 0.3 is 0 Å². The summed E-state index contributed by atoms with van der Waals surface area (Å²) < 4.78 is 11.4. The molecule has 8 heteroatoms. The first-order valence-corrected chi connectivity index (χ1v) is 10.7. The molecule has 1 aliphatic rings. The Labute approximate surface area is 173 Å². The molecule has 29 heavy (non-hydrogen) atoms. The Morgan fingerprint density at radius 3 is 2.79 bits per heavy atom. The average molecular weight is 416 g/mol. The van der Waals surface area contributed by atoms with Crippen LogP contribution in [0.25, 0.3) is 23.3 Å². The SMILES string of the molecule is OCC(CO)COc1ccc2nc(/C=C/c3cnc(N4CCCCC4)s3)oc2c1. The van der Waals surface area contributed by atoms with E-state index in [1.807, 2.05) is 24.4 Å². The lowest BCUT2D eigenvalue weighted by Gasteiger charge is -2.25. The Morgan fingerprint density at radius 2 is 2.00 bits per heavy atom. The minimum atomic E-state index is -0.298. The van der Waals surface area contributed by atoms with E-state index in [-0.39, 0.29) is 25.7 Å². The molecule has 0 radical (unpaired) electrons. The summed E-state index contributed by atoms with van der Waals surface area (Å²) in [5.41, 5.74) is 1.38. The lowest BCUT2D eigenvalue weighted by atomic mass is 10.1. The van der Waals surface area contributed by atoms with Crippen LogP contribution in [0.15, 0.2) is 28.8 Å². The average Bonchev–Trinajstić information content (AvgIpc) is 3.40. The number of fused-ring (bicyclic) bond motifs is 1. The van der Waals surface area contributed by atoms with E-state index in [1.54, 1.807) is 23.5 Å². The van der Waals surface area contributed by atoms with Gasteiger partial charge in [-0.3, -0.25) is 0 Å². The van der Waals surface area contributed by atoms with Gasteiger partial charge in [-0.2, -0.15) is 0 Å². The molecule has 2 aromatic heterocycles. The van der Waals surface area contributed by atoms with Gasteiger partial charge in [0.25, 0.3) is 0 Å². The van der Waals surface area contributed by atoms with Crippen LogP contribution >= 0.6 is 11.3 Å². The summed E-state index contributed by atoms with van der Waals surface area (Å²) in [6, 6.07) is 5.41. The largest absolute Gasteiger partial charge is 0.493 e. The molecule has 0 unspecified atom stereocenters. The van der Waals surface area contributed by atoms with E-state index < -0.39 is 0 Å². The molecule has 2 N–H and O–H groups in total. The third-order valence-electron chi connectivity index (χ3n) is 4.91. The Morgan fingerprint density at radius 1 is 1.17 bits per heavy atom. The van der Waals surface area contributed by atoms with E-state index in [9.17, 15) is 0 Å². The second-order valence-electron chi connectivity index (χ2n) is 7.15. The third-order valence-corrected chi connectivity index (χ3v) is 5.93. The summed E-state index contributed by atoms with van der Waals surface area (Å²) in [6.45, 7) is 2.18.